The lowest BCUT2D eigenvalue weighted by molar-refractivity contribution is -0.142. The second-order valence-corrected chi connectivity index (χ2v) is 5.95. The maximum atomic E-state index is 12.7. The molecule has 0 heterocycles. The van der Waals surface area contributed by atoms with Gasteiger partial charge in [-0.1, -0.05) is 33.4 Å². The Labute approximate surface area is 115 Å². The fourth-order valence-electron chi connectivity index (χ4n) is 2.99. The van der Waals surface area contributed by atoms with Crippen molar-refractivity contribution in [3.05, 3.63) is 24.8 Å². The van der Waals surface area contributed by atoms with Crippen LogP contribution >= 0.6 is 0 Å². The highest BCUT2D eigenvalue weighted by atomic mass is 16.5. The molecule has 106 valence electrons. The van der Waals surface area contributed by atoms with Gasteiger partial charge in [0, 0.05) is 11.5 Å². The minimum Gasteiger partial charge on any atom is -0.466 e. The van der Waals surface area contributed by atoms with Gasteiger partial charge in [-0.15, -0.1) is 6.58 Å². The summed E-state index contributed by atoms with van der Waals surface area (Å²) in [6, 6.07) is 0. The van der Waals surface area contributed by atoms with Crippen molar-refractivity contribution in [3.63, 3.8) is 0 Å². The van der Waals surface area contributed by atoms with Crippen molar-refractivity contribution in [1.82, 2.24) is 0 Å². The van der Waals surface area contributed by atoms with Crippen LogP contribution in [-0.4, -0.2) is 18.9 Å². The van der Waals surface area contributed by atoms with Gasteiger partial charge in [0.2, 0.25) is 0 Å². The van der Waals surface area contributed by atoms with Gasteiger partial charge in [0.05, 0.1) is 13.0 Å². The highest BCUT2D eigenvalue weighted by molar-refractivity contribution is 5.99. The van der Waals surface area contributed by atoms with Crippen LogP contribution in [0.3, 0.4) is 0 Å². The van der Waals surface area contributed by atoms with Crippen molar-refractivity contribution in [1.29, 1.82) is 0 Å². The molecule has 0 aromatic heterocycles. The van der Waals surface area contributed by atoms with Crippen molar-refractivity contribution >= 4 is 11.8 Å². The molecule has 1 aliphatic carbocycles. The molecule has 0 amide bonds. The average Bonchev–Trinajstić information content (AvgIpc) is 2.37. The summed E-state index contributed by atoms with van der Waals surface area (Å²) in [6.45, 7) is 13.7. The highest BCUT2D eigenvalue weighted by Crippen LogP contribution is 2.47. The number of carbonyl (C=O) groups excluding carboxylic acids is 2. The van der Waals surface area contributed by atoms with Crippen LogP contribution in [-0.2, 0) is 14.3 Å². The van der Waals surface area contributed by atoms with Gasteiger partial charge >= 0.3 is 5.97 Å². The van der Waals surface area contributed by atoms with E-state index in [2.05, 4.69) is 13.2 Å². The second-order valence-electron chi connectivity index (χ2n) is 5.95. The van der Waals surface area contributed by atoms with Gasteiger partial charge < -0.3 is 4.74 Å². The highest BCUT2D eigenvalue weighted by Gasteiger charge is 2.47. The van der Waals surface area contributed by atoms with E-state index in [1.165, 1.54) is 7.11 Å². The van der Waals surface area contributed by atoms with E-state index in [0.717, 1.165) is 12.8 Å². The lowest BCUT2D eigenvalue weighted by atomic mass is 9.59. The number of allylic oxidation sites excluding steroid dienone is 1. The number of methoxy groups -OCH3 is 1. The molecule has 0 N–H and O–H groups in total. The predicted octanol–water partition coefficient (Wildman–Crippen LogP) is 3.16. The average molecular weight is 264 g/mol. The van der Waals surface area contributed by atoms with E-state index in [1.54, 1.807) is 6.08 Å². The topological polar surface area (TPSA) is 43.4 Å². The molecule has 3 heteroatoms. The fourth-order valence-corrected chi connectivity index (χ4v) is 2.99. The van der Waals surface area contributed by atoms with Gasteiger partial charge in [0.15, 0.2) is 0 Å². The number of hydrogen-bond donors (Lipinski definition) is 0. The Hall–Kier alpha value is -1.38. The quantitative estimate of drug-likeness (QED) is 0.445. The third kappa shape index (κ3) is 2.80. The monoisotopic (exact) mass is 264 g/mol. The molecule has 19 heavy (non-hydrogen) atoms. The largest absolute Gasteiger partial charge is 0.466 e. The Morgan fingerprint density at radius 3 is 2.53 bits per heavy atom. The van der Waals surface area contributed by atoms with Crippen molar-refractivity contribution in [3.8, 4) is 0 Å². The lowest BCUT2D eigenvalue weighted by Crippen LogP contribution is -2.44. The zero-order valence-electron chi connectivity index (χ0n) is 12.4. The molecule has 1 saturated carbocycles. The summed E-state index contributed by atoms with van der Waals surface area (Å²) < 4.78 is 4.72. The summed E-state index contributed by atoms with van der Waals surface area (Å²) in [5, 5.41) is 0. The molecule has 3 atom stereocenters. The van der Waals surface area contributed by atoms with Crippen molar-refractivity contribution in [2.75, 3.05) is 7.11 Å². The summed E-state index contributed by atoms with van der Waals surface area (Å²) in [5.74, 6) is -0.664. The third-order valence-corrected chi connectivity index (χ3v) is 4.37. The Kier molecular flexibility index (Phi) is 4.72. The van der Waals surface area contributed by atoms with Crippen LogP contribution in [0.1, 0.15) is 33.6 Å². The maximum absolute atomic E-state index is 12.7. The number of ketones is 1. The minimum atomic E-state index is -0.515. The zero-order chi connectivity index (χ0) is 14.8. The standard InChI is InChI=1S/C16H24O3/c1-7-16(5)9-8-12(10(2)3)14(17)13(16)11(4)15(18)19-6/h7,10,12-13H,1,4,8-9H2,2-3,5-6H3/t12-,13-,16-/m1/s1. The van der Waals surface area contributed by atoms with Crippen LogP contribution in [0.4, 0.5) is 0 Å². The smallest absolute Gasteiger partial charge is 0.333 e. The molecule has 1 fully saturated rings. The molecule has 0 saturated heterocycles. The number of carbonyl (C=O) groups is 2. The second kappa shape index (κ2) is 5.72. The Balaban J connectivity index is 3.16. The SMILES string of the molecule is C=C[C@]1(C)CC[C@H](C(C)C)C(=O)[C@H]1C(=C)C(=O)OC. The molecule has 0 aromatic carbocycles. The van der Waals surface area contributed by atoms with Gasteiger partial charge in [-0.2, -0.15) is 0 Å². The summed E-state index contributed by atoms with van der Waals surface area (Å²) in [6.07, 6.45) is 3.45. The van der Waals surface area contributed by atoms with Crippen molar-refractivity contribution in [2.24, 2.45) is 23.2 Å². The molecule has 3 nitrogen and oxygen atoms in total. The van der Waals surface area contributed by atoms with Crippen LogP contribution in [0.25, 0.3) is 0 Å². The lowest BCUT2D eigenvalue weighted by Gasteiger charge is -2.42. The van der Waals surface area contributed by atoms with Crippen LogP contribution < -0.4 is 0 Å². The van der Waals surface area contributed by atoms with E-state index in [9.17, 15) is 9.59 Å². The molecule has 0 spiro atoms. The van der Waals surface area contributed by atoms with Gasteiger partial charge in [-0.05, 0) is 24.2 Å². The molecule has 1 rings (SSSR count). The van der Waals surface area contributed by atoms with E-state index >= 15 is 0 Å². The first-order valence-corrected chi connectivity index (χ1v) is 6.73. The molecule has 1 aliphatic rings. The number of Topliss-reactive ketones (excluding diaryl/α,β-unsaturated/α-hetero) is 1. The van der Waals surface area contributed by atoms with Crippen LogP contribution in [0, 0.1) is 23.2 Å². The predicted molar refractivity (Wildman–Crippen MR) is 75.5 cm³/mol. The van der Waals surface area contributed by atoms with Crippen LogP contribution in [0.15, 0.2) is 24.8 Å². The third-order valence-electron chi connectivity index (χ3n) is 4.37. The van der Waals surface area contributed by atoms with E-state index < -0.39 is 17.3 Å². The van der Waals surface area contributed by atoms with Gasteiger partial charge in [-0.25, -0.2) is 4.79 Å². The zero-order valence-corrected chi connectivity index (χ0v) is 12.4. The molecular formula is C16H24O3. The van der Waals surface area contributed by atoms with Crippen LogP contribution in [0.2, 0.25) is 0 Å². The van der Waals surface area contributed by atoms with Gasteiger partial charge in [0.25, 0.3) is 0 Å². The molecule has 0 aliphatic heterocycles. The first-order chi connectivity index (χ1) is 8.78. The number of rotatable bonds is 4. The van der Waals surface area contributed by atoms with Gasteiger partial charge in [0.1, 0.15) is 5.78 Å². The molecular weight excluding hydrogens is 240 g/mol. The van der Waals surface area contributed by atoms with E-state index in [0.29, 0.717) is 0 Å². The molecule has 0 aromatic rings. The molecule has 0 unspecified atom stereocenters. The fraction of sp³-hybridized carbons (Fsp3) is 0.625. The molecule has 0 bridgehead atoms. The maximum Gasteiger partial charge on any atom is 0.333 e. The number of ether oxygens (including phenoxy) is 1. The minimum absolute atomic E-state index is 0.0144. The summed E-state index contributed by atoms with van der Waals surface area (Å²) in [4.78, 5) is 24.4. The summed E-state index contributed by atoms with van der Waals surface area (Å²) in [5.41, 5.74) is -0.159. The van der Waals surface area contributed by atoms with E-state index in [1.807, 2.05) is 20.8 Å². The summed E-state index contributed by atoms with van der Waals surface area (Å²) in [7, 11) is 1.31. The first kappa shape index (κ1) is 15.7. The Morgan fingerprint density at radius 1 is 1.53 bits per heavy atom. The van der Waals surface area contributed by atoms with Crippen LogP contribution in [0.5, 0.6) is 0 Å². The summed E-state index contributed by atoms with van der Waals surface area (Å²) >= 11 is 0. The Morgan fingerprint density at radius 2 is 2.11 bits per heavy atom. The van der Waals surface area contributed by atoms with E-state index in [4.69, 9.17) is 4.74 Å². The van der Waals surface area contributed by atoms with Crippen molar-refractivity contribution < 1.29 is 14.3 Å². The van der Waals surface area contributed by atoms with Gasteiger partial charge in [-0.3, -0.25) is 4.79 Å². The number of esters is 1. The first-order valence-electron chi connectivity index (χ1n) is 6.73. The number of hydrogen-bond acceptors (Lipinski definition) is 3. The van der Waals surface area contributed by atoms with Crippen molar-refractivity contribution in [2.45, 2.75) is 33.6 Å². The van der Waals surface area contributed by atoms with E-state index in [-0.39, 0.29) is 23.2 Å². The Bertz CT molecular complexity index is 408. The molecule has 0 radical (unpaired) electrons. The normalized spacial score (nSPS) is 31.1.